The summed E-state index contributed by atoms with van der Waals surface area (Å²) in [6, 6.07) is 12.5. The minimum absolute atomic E-state index is 0.0160. The summed E-state index contributed by atoms with van der Waals surface area (Å²) in [6.45, 7) is 14.0. The van der Waals surface area contributed by atoms with Crippen LogP contribution in [0.2, 0.25) is 0 Å². The average molecular weight is 778 g/mol. The molecule has 2 aromatic carbocycles. The number of halogens is 1. The Morgan fingerprint density at radius 2 is 1.52 bits per heavy atom. The van der Waals surface area contributed by atoms with Crippen molar-refractivity contribution in [1.29, 1.82) is 0 Å². The lowest BCUT2D eigenvalue weighted by molar-refractivity contribution is -0.151. The molecule has 3 fully saturated rings. The Morgan fingerprint density at radius 1 is 0.808 bits per heavy atom. The lowest BCUT2D eigenvalue weighted by Crippen LogP contribution is -2.51. The number of esters is 1. The summed E-state index contributed by atoms with van der Waals surface area (Å²) in [5.41, 5.74) is 2.43. The average Bonchev–Trinajstić information content (AvgIpc) is 3.49. The van der Waals surface area contributed by atoms with E-state index in [0.29, 0.717) is 23.9 Å². The van der Waals surface area contributed by atoms with Gasteiger partial charge in [-0.15, -0.1) is 0 Å². The predicted octanol–water partition coefficient (Wildman–Crippen LogP) is 13.3. The number of unbranched alkanes of at least 4 members (excludes halogenated alkanes) is 3. The van der Waals surface area contributed by atoms with Gasteiger partial charge in [0.25, 0.3) is 0 Å². The van der Waals surface area contributed by atoms with Crippen molar-refractivity contribution in [3.63, 3.8) is 0 Å². The Morgan fingerprint density at radius 3 is 2.21 bits per heavy atom. The molecule has 4 aliphatic rings. The fourth-order valence-corrected chi connectivity index (χ4v) is 11.9. The van der Waals surface area contributed by atoms with Crippen molar-refractivity contribution < 1.29 is 19.0 Å². The van der Waals surface area contributed by atoms with Gasteiger partial charge < -0.3 is 14.2 Å². The SMILES string of the molecule is CC(C)CCC[C@@H](C)[C@H]1CC[C@H]2[C@@H]3CC=C4C[C@@H](OC(=O)CCCCCOc5ccc6cc(OCCCCBr)ccc6c5)CC[C@]4(C)[C@H]3CC[C@]12C. The van der Waals surface area contributed by atoms with Gasteiger partial charge >= 0.3 is 5.97 Å². The zero-order chi connectivity index (χ0) is 36.7. The number of hydrogen-bond donors (Lipinski definition) is 0. The first-order valence-corrected chi connectivity index (χ1v) is 22.5. The molecular weight excluding hydrogens is 708 g/mol. The third kappa shape index (κ3) is 9.26. The maximum absolute atomic E-state index is 12.9. The molecule has 0 heterocycles. The molecule has 0 aliphatic heterocycles. The summed E-state index contributed by atoms with van der Waals surface area (Å²) >= 11 is 3.47. The minimum atomic E-state index is -0.0160. The van der Waals surface area contributed by atoms with Gasteiger partial charge in [-0.2, -0.15) is 0 Å². The Hall–Kier alpha value is -2.01. The highest BCUT2D eigenvalue weighted by molar-refractivity contribution is 9.09. The van der Waals surface area contributed by atoms with Crippen molar-refractivity contribution in [2.24, 2.45) is 46.3 Å². The number of benzene rings is 2. The molecule has 0 aromatic heterocycles. The van der Waals surface area contributed by atoms with E-state index in [1.54, 1.807) is 5.57 Å². The van der Waals surface area contributed by atoms with E-state index in [-0.39, 0.29) is 12.1 Å². The number of alkyl halides is 1. The largest absolute Gasteiger partial charge is 0.494 e. The molecule has 6 rings (SSSR count). The Labute approximate surface area is 324 Å². The maximum atomic E-state index is 12.9. The number of ether oxygens (including phenoxy) is 3. The molecule has 0 amide bonds. The molecule has 0 saturated heterocycles. The van der Waals surface area contributed by atoms with Crippen LogP contribution < -0.4 is 9.47 Å². The van der Waals surface area contributed by atoms with E-state index in [2.05, 4.69) is 80.9 Å². The van der Waals surface area contributed by atoms with Crippen LogP contribution in [0, 0.1) is 46.3 Å². The summed E-state index contributed by atoms with van der Waals surface area (Å²) in [7, 11) is 0. The number of carbonyl (C=O) groups is 1. The van der Waals surface area contributed by atoms with Gasteiger partial charge in [0, 0.05) is 18.2 Å². The van der Waals surface area contributed by atoms with E-state index in [9.17, 15) is 4.79 Å². The molecule has 288 valence electrons. The molecule has 8 atom stereocenters. The standard InChI is InChI=1S/C47H69BrO4/c1-33(2)12-11-13-34(3)42-21-22-43-41-20-17-37-32-40(23-25-46(37,4)44(41)24-26-47(42,43)5)52-45(49)14-7-6-9-28-50-38-18-15-36-31-39(19-16-35(36)30-38)51-29-10-8-27-48/h15-19,30-31,33-34,40-44H,6-14,20-29,32H2,1-5H3/t34-,40+,41+,42-,43+,44+,46+,47-/m1/s1. The van der Waals surface area contributed by atoms with Crippen LogP contribution >= 0.6 is 15.9 Å². The Kier molecular flexibility index (Phi) is 13.8. The smallest absolute Gasteiger partial charge is 0.306 e. The number of fused-ring (bicyclic) bond motifs is 6. The number of carbonyl (C=O) groups excluding carboxylic acids is 1. The Bertz CT molecular complexity index is 1500. The fraction of sp³-hybridized carbons (Fsp3) is 0.723. The zero-order valence-electron chi connectivity index (χ0n) is 33.2. The molecule has 0 bridgehead atoms. The normalized spacial score (nSPS) is 30.3. The molecule has 0 unspecified atom stereocenters. The van der Waals surface area contributed by atoms with E-state index in [0.717, 1.165) is 115 Å². The van der Waals surface area contributed by atoms with Crippen LogP contribution in [0.15, 0.2) is 48.0 Å². The van der Waals surface area contributed by atoms with Crippen molar-refractivity contribution >= 4 is 32.7 Å². The number of allylic oxidation sites excluding steroid dienone is 1. The highest BCUT2D eigenvalue weighted by Crippen LogP contribution is 2.67. The van der Waals surface area contributed by atoms with Crippen LogP contribution in [0.4, 0.5) is 0 Å². The number of rotatable bonds is 18. The molecule has 2 aromatic rings. The second-order valence-corrected chi connectivity index (χ2v) is 19.0. The molecule has 5 heteroatoms. The summed E-state index contributed by atoms with van der Waals surface area (Å²) in [4.78, 5) is 12.9. The molecule has 4 nitrogen and oxygen atoms in total. The van der Waals surface area contributed by atoms with Gasteiger partial charge in [-0.25, -0.2) is 0 Å². The molecule has 0 radical (unpaired) electrons. The first kappa shape index (κ1) is 39.7. The maximum Gasteiger partial charge on any atom is 0.306 e. The first-order chi connectivity index (χ1) is 25.1. The van der Waals surface area contributed by atoms with E-state index < -0.39 is 0 Å². The van der Waals surface area contributed by atoms with E-state index in [4.69, 9.17) is 14.2 Å². The van der Waals surface area contributed by atoms with Gasteiger partial charge in [0.1, 0.15) is 17.6 Å². The molecular formula is C47H69BrO4. The Balaban J connectivity index is 0.903. The van der Waals surface area contributed by atoms with Gasteiger partial charge in [0.05, 0.1) is 13.2 Å². The molecule has 0 spiro atoms. The summed E-state index contributed by atoms with van der Waals surface area (Å²) in [6.07, 6.45) is 22.4. The highest BCUT2D eigenvalue weighted by Gasteiger charge is 2.59. The number of hydrogen-bond acceptors (Lipinski definition) is 4. The molecule has 52 heavy (non-hydrogen) atoms. The molecule has 0 N–H and O–H groups in total. The lowest BCUT2D eigenvalue weighted by Gasteiger charge is -2.58. The molecule has 4 aliphatic carbocycles. The second-order valence-electron chi connectivity index (χ2n) is 18.2. The van der Waals surface area contributed by atoms with Crippen LogP contribution in [0.5, 0.6) is 11.5 Å². The topological polar surface area (TPSA) is 44.8 Å². The van der Waals surface area contributed by atoms with Crippen molar-refractivity contribution in [3.05, 3.63) is 48.0 Å². The van der Waals surface area contributed by atoms with Crippen LogP contribution in [0.1, 0.15) is 144 Å². The van der Waals surface area contributed by atoms with Crippen LogP contribution in [-0.2, 0) is 9.53 Å². The van der Waals surface area contributed by atoms with Gasteiger partial charge in [-0.1, -0.05) is 93.6 Å². The van der Waals surface area contributed by atoms with Crippen molar-refractivity contribution in [2.45, 2.75) is 150 Å². The van der Waals surface area contributed by atoms with E-state index in [1.165, 1.54) is 57.8 Å². The van der Waals surface area contributed by atoms with Crippen molar-refractivity contribution in [1.82, 2.24) is 0 Å². The van der Waals surface area contributed by atoms with E-state index >= 15 is 0 Å². The van der Waals surface area contributed by atoms with Gasteiger partial charge in [0.15, 0.2) is 0 Å². The van der Waals surface area contributed by atoms with Gasteiger partial charge in [-0.05, 0) is 158 Å². The zero-order valence-corrected chi connectivity index (χ0v) is 34.8. The first-order valence-electron chi connectivity index (χ1n) is 21.3. The third-order valence-electron chi connectivity index (χ3n) is 14.4. The van der Waals surface area contributed by atoms with Gasteiger partial charge in [-0.3, -0.25) is 4.79 Å². The third-order valence-corrected chi connectivity index (χ3v) is 15.0. The van der Waals surface area contributed by atoms with Crippen LogP contribution in [0.25, 0.3) is 10.8 Å². The quantitative estimate of drug-likeness (QED) is 0.0654. The van der Waals surface area contributed by atoms with Gasteiger partial charge in [0.2, 0.25) is 0 Å². The second kappa shape index (κ2) is 18.1. The van der Waals surface area contributed by atoms with E-state index in [1.807, 2.05) is 12.1 Å². The van der Waals surface area contributed by atoms with Crippen molar-refractivity contribution in [2.75, 3.05) is 18.5 Å². The fourth-order valence-electron chi connectivity index (χ4n) is 11.5. The van der Waals surface area contributed by atoms with Crippen LogP contribution in [-0.4, -0.2) is 30.6 Å². The lowest BCUT2D eigenvalue weighted by atomic mass is 9.47. The van der Waals surface area contributed by atoms with Crippen LogP contribution in [0.3, 0.4) is 0 Å². The minimum Gasteiger partial charge on any atom is -0.494 e. The summed E-state index contributed by atoms with van der Waals surface area (Å²) in [5, 5.41) is 3.33. The monoisotopic (exact) mass is 776 g/mol. The summed E-state index contributed by atoms with van der Waals surface area (Å²) in [5.74, 6) is 6.92. The van der Waals surface area contributed by atoms with Crippen molar-refractivity contribution in [3.8, 4) is 11.5 Å². The molecule has 3 saturated carbocycles. The predicted molar refractivity (Wildman–Crippen MR) is 219 cm³/mol. The highest BCUT2D eigenvalue weighted by atomic mass is 79.9. The summed E-state index contributed by atoms with van der Waals surface area (Å²) < 4.78 is 18.1.